The molecule has 1 amide bonds. The van der Waals surface area contributed by atoms with E-state index in [2.05, 4.69) is 40.0 Å². The molecule has 2 heterocycles. The topological polar surface area (TPSA) is 66.0 Å². The molecule has 1 aliphatic carbocycles. The zero-order valence-electron chi connectivity index (χ0n) is 18.3. The first kappa shape index (κ1) is 22.1. The normalized spacial score (nSPS) is 20.8. The van der Waals surface area contributed by atoms with E-state index in [1.54, 1.807) is 6.20 Å². The number of halogens is 1. The van der Waals surface area contributed by atoms with Crippen molar-refractivity contribution in [1.29, 1.82) is 0 Å². The van der Waals surface area contributed by atoms with Gasteiger partial charge in [-0.05, 0) is 68.8 Å². The second-order valence-electron chi connectivity index (χ2n) is 8.99. The van der Waals surface area contributed by atoms with Crippen LogP contribution >= 0.6 is 11.6 Å². The van der Waals surface area contributed by atoms with Crippen LogP contribution in [0, 0.1) is 11.8 Å². The van der Waals surface area contributed by atoms with Crippen molar-refractivity contribution in [2.24, 2.45) is 11.8 Å². The summed E-state index contributed by atoms with van der Waals surface area (Å²) in [5.74, 6) is 1.29. The lowest BCUT2D eigenvalue weighted by Crippen LogP contribution is -2.37. The number of benzene rings is 1. The van der Waals surface area contributed by atoms with E-state index in [9.17, 15) is 4.79 Å². The van der Waals surface area contributed by atoms with Crippen molar-refractivity contribution in [3.63, 3.8) is 0 Å². The molecule has 2 aromatic rings. The predicted molar refractivity (Wildman–Crippen MR) is 129 cm³/mol. The summed E-state index contributed by atoms with van der Waals surface area (Å²) in [5, 5.41) is 10.5. The highest BCUT2D eigenvalue weighted by molar-refractivity contribution is 6.33. The molecule has 4 rings (SSSR count). The molecule has 1 saturated heterocycles. The molecule has 3 N–H and O–H groups in total. The third kappa shape index (κ3) is 5.78. The number of aromatic nitrogens is 1. The van der Waals surface area contributed by atoms with Gasteiger partial charge in [-0.2, -0.15) is 0 Å². The number of nitrogens with zero attached hydrogens (tertiary/aromatic N) is 1. The van der Waals surface area contributed by atoms with Gasteiger partial charge in [-0.1, -0.05) is 43.0 Å². The van der Waals surface area contributed by atoms with Crippen molar-refractivity contribution in [2.75, 3.05) is 23.7 Å². The Morgan fingerprint density at radius 1 is 1.16 bits per heavy atom. The summed E-state index contributed by atoms with van der Waals surface area (Å²) in [5.41, 5.74) is 2.99. The Hall–Kier alpha value is -2.11. The first-order valence-electron chi connectivity index (χ1n) is 11.6. The minimum atomic E-state index is -0.0107. The molecule has 166 valence electrons. The average Bonchev–Trinajstić information content (AvgIpc) is 2.81. The highest BCUT2D eigenvalue weighted by atomic mass is 35.5. The highest BCUT2D eigenvalue weighted by Crippen LogP contribution is 2.32. The van der Waals surface area contributed by atoms with Gasteiger partial charge in [0.2, 0.25) is 5.91 Å². The predicted octanol–water partition coefficient (Wildman–Crippen LogP) is 5.72. The van der Waals surface area contributed by atoms with Gasteiger partial charge in [-0.15, -0.1) is 0 Å². The number of anilines is 2. The minimum Gasteiger partial charge on any atom is -0.382 e. The molecule has 5 nitrogen and oxygen atoms in total. The fraction of sp³-hybridized carbons (Fsp3) is 0.520. The zero-order chi connectivity index (χ0) is 21.6. The van der Waals surface area contributed by atoms with Crippen LogP contribution in [0.1, 0.15) is 51.9 Å². The van der Waals surface area contributed by atoms with Crippen molar-refractivity contribution in [1.82, 2.24) is 10.3 Å². The molecule has 6 heteroatoms. The number of hydrogen-bond acceptors (Lipinski definition) is 4. The van der Waals surface area contributed by atoms with Gasteiger partial charge in [-0.25, -0.2) is 4.98 Å². The first-order chi connectivity index (χ1) is 15.1. The summed E-state index contributed by atoms with van der Waals surface area (Å²) >= 11 is 6.49. The molecule has 1 aromatic carbocycles. The van der Waals surface area contributed by atoms with Crippen molar-refractivity contribution >= 4 is 29.0 Å². The minimum absolute atomic E-state index is 0.0107. The summed E-state index contributed by atoms with van der Waals surface area (Å²) in [7, 11) is 0. The average molecular weight is 441 g/mol. The third-order valence-electron chi connectivity index (χ3n) is 6.70. The van der Waals surface area contributed by atoms with Gasteiger partial charge < -0.3 is 16.0 Å². The van der Waals surface area contributed by atoms with Crippen LogP contribution in [-0.2, 0) is 4.79 Å². The monoisotopic (exact) mass is 440 g/mol. The smallest absolute Gasteiger partial charge is 0.229 e. The van der Waals surface area contributed by atoms with E-state index in [0.29, 0.717) is 16.9 Å². The molecule has 0 bridgehead atoms. The van der Waals surface area contributed by atoms with E-state index in [4.69, 9.17) is 11.6 Å². The summed E-state index contributed by atoms with van der Waals surface area (Å²) in [6.07, 6.45) is 10.2. The molecule has 2 aliphatic rings. The van der Waals surface area contributed by atoms with E-state index < -0.39 is 0 Å². The van der Waals surface area contributed by atoms with Crippen LogP contribution in [0.5, 0.6) is 0 Å². The van der Waals surface area contributed by atoms with E-state index in [0.717, 1.165) is 48.7 Å². The van der Waals surface area contributed by atoms with Crippen molar-refractivity contribution in [3.8, 4) is 11.1 Å². The van der Waals surface area contributed by atoms with E-state index >= 15 is 0 Å². The molecule has 31 heavy (non-hydrogen) atoms. The van der Waals surface area contributed by atoms with Gasteiger partial charge in [-0.3, -0.25) is 4.79 Å². The number of piperidine rings is 1. The van der Waals surface area contributed by atoms with Gasteiger partial charge in [0.1, 0.15) is 5.82 Å². The van der Waals surface area contributed by atoms with Gasteiger partial charge >= 0.3 is 0 Å². The number of carbonyl (C=O) groups excluding carboxylic acids is 1. The Morgan fingerprint density at radius 2 is 2.00 bits per heavy atom. The van der Waals surface area contributed by atoms with Crippen LogP contribution < -0.4 is 16.0 Å². The Balaban J connectivity index is 1.47. The molecule has 1 aromatic heterocycles. The lowest BCUT2D eigenvalue weighted by Gasteiger charge is -2.29. The van der Waals surface area contributed by atoms with E-state index in [1.165, 1.54) is 32.1 Å². The van der Waals surface area contributed by atoms with Gasteiger partial charge in [0.05, 0.1) is 10.9 Å². The number of pyridine rings is 1. The Kier molecular flexibility index (Phi) is 7.46. The Labute approximate surface area is 190 Å². The lowest BCUT2D eigenvalue weighted by atomic mass is 9.84. The second kappa shape index (κ2) is 10.5. The Bertz CT molecular complexity index is 891. The number of carbonyl (C=O) groups is 1. The lowest BCUT2D eigenvalue weighted by molar-refractivity contribution is -0.120. The SMILES string of the molecule is C[C@@H](Nc1cccc(-c2cc(NC(=O)[C@@H]3CCCNC3)ncc2Cl)c1)C1CCCCC1. The third-order valence-corrected chi connectivity index (χ3v) is 7.00. The van der Waals surface area contributed by atoms with Crippen LogP contribution in [0.3, 0.4) is 0 Å². The zero-order valence-corrected chi connectivity index (χ0v) is 19.0. The number of amides is 1. The number of rotatable bonds is 6. The maximum atomic E-state index is 12.6. The van der Waals surface area contributed by atoms with Gasteiger partial charge in [0, 0.05) is 30.0 Å². The number of hydrogen-bond donors (Lipinski definition) is 3. The Morgan fingerprint density at radius 3 is 2.77 bits per heavy atom. The summed E-state index contributed by atoms with van der Waals surface area (Å²) in [6.45, 7) is 3.99. The molecule has 0 spiro atoms. The quantitative estimate of drug-likeness (QED) is 0.537. The van der Waals surface area contributed by atoms with Gasteiger partial charge in [0.25, 0.3) is 0 Å². The molecule has 2 fully saturated rings. The summed E-state index contributed by atoms with van der Waals surface area (Å²) in [6, 6.07) is 10.7. The van der Waals surface area contributed by atoms with Crippen LogP contribution in [0.2, 0.25) is 5.02 Å². The van der Waals surface area contributed by atoms with Gasteiger partial charge in [0.15, 0.2) is 0 Å². The summed E-state index contributed by atoms with van der Waals surface area (Å²) < 4.78 is 0. The molecule has 0 radical (unpaired) electrons. The molecular formula is C25H33ClN4O. The van der Waals surface area contributed by atoms with Crippen LogP contribution in [0.25, 0.3) is 11.1 Å². The standard InChI is InChI=1S/C25H33ClN4O/c1-17(18-7-3-2-4-8-18)29-21-11-5-9-19(13-21)22-14-24(28-16-23(22)26)30-25(31)20-10-6-12-27-15-20/h5,9,11,13-14,16-18,20,27,29H,2-4,6-8,10,12,15H2,1H3,(H,28,30,31)/t17-,20-/m1/s1. The molecule has 2 atom stereocenters. The molecule has 1 aliphatic heterocycles. The van der Waals surface area contributed by atoms with Crippen LogP contribution in [-0.4, -0.2) is 30.0 Å². The summed E-state index contributed by atoms with van der Waals surface area (Å²) in [4.78, 5) is 16.9. The molecule has 0 unspecified atom stereocenters. The fourth-order valence-corrected chi connectivity index (χ4v) is 5.04. The fourth-order valence-electron chi connectivity index (χ4n) is 4.82. The van der Waals surface area contributed by atoms with E-state index in [1.807, 2.05) is 18.2 Å². The van der Waals surface area contributed by atoms with Crippen LogP contribution in [0.15, 0.2) is 36.5 Å². The van der Waals surface area contributed by atoms with Crippen molar-refractivity contribution in [2.45, 2.75) is 57.9 Å². The molecule has 1 saturated carbocycles. The largest absolute Gasteiger partial charge is 0.382 e. The second-order valence-corrected chi connectivity index (χ2v) is 9.40. The van der Waals surface area contributed by atoms with Crippen molar-refractivity contribution < 1.29 is 4.79 Å². The van der Waals surface area contributed by atoms with Crippen LogP contribution in [0.4, 0.5) is 11.5 Å². The molecular weight excluding hydrogens is 408 g/mol. The first-order valence-corrected chi connectivity index (χ1v) is 12.0. The highest BCUT2D eigenvalue weighted by Gasteiger charge is 2.22. The maximum absolute atomic E-state index is 12.6. The van der Waals surface area contributed by atoms with Crippen molar-refractivity contribution in [3.05, 3.63) is 41.6 Å². The maximum Gasteiger partial charge on any atom is 0.229 e. The number of nitrogens with one attached hydrogen (secondary N) is 3. The van der Waals surface area contributed by atoms with E-state index in [-0.39, 0.29) is 11.8 Å².